The number of carbonyl (C=O) groups excluding carboxylic acids is 1. The number of hydrogen-bond donors (Lipinski definition) is 0. The first-order valence-corrected chi connectivity index (χ1v) is 10.9. The van der Waals surface area contributed by atoms with Crippen LogP contribution in [-0.2, 0) is 9.53 Å². The molecule has 0 aromatic heterocycles. The Morgan fingerprint density at radius 3 is 2.50 bits per heavy atom. The Bertz CT molecular complexity index is 687. The molecule has 1 aromatic rings. The molecule has 1 amide bonds. The highest BCUT2D eigenvalue weighted by Gasteiger charge is 2.34. The number of rotatable bonds is 8. The highest BCUT2D eigenvalue weighted by Crippen LogP contribution is 2.24. The summed E-state index contributed by atoms with van der Waals surface area (Å²) >= 11 is 0. The summed E-state index contributed by atoms with van der Waals surface area (Å²) in [5.74, 6) is 0.390. The number of piperidine rings is 1. The number of carbonyl (C=O) groups is 1. The number of likely N-dealkylation sites (tertiary alicyclic amines) is 1. The largest absolute Gasteiger partial charge is 0.491 e. The SMILES string of the molecule is CN(C)CC(C)(C)CN1CCC(N2C[C@H](COc3ccc(F)cc3)OCC2=O)CC1. The predicted octanol–water partition coefficient (Wildman–Crippen LogP) is 2.48. The molecule has 0 radical (unpaired) electrons. The zero-order chi connectivity index (χ0) is 21.7. The van der Waals surface area contributed by atoms with Gasteiger partial charge in [0.25, 0.3) is 0 Å². The van der Waals surface area contributed by atoms with E-state index in [0.717, 1.165) is 39.0 Å². The summed E-state index contributed by atoms with van der Waals surface area (Å²) in [4.78, 5) is 19.2. The van der Waals surface area contributed by atoms with Gasteiger partial charge in [0.05, 0.1) is 6.54 Å². The second-order valence-corrected chi connectivity index (χ2v) is 9.65. The number of ether oxygens (including phenoxy) is 2. The summed E-state index contributed by atoms with van der Waals surface area (Å²) in [7, 11) is 4.24. The molecule has 2 aliphatic heterocycles. The summed E-state index contributed by atoms with van der Waals surface area (Å²) in [5.41, 5.74) is 0.244. The molecule has 7 heteroatoms. The van der Waals surface area contributed by atoms with E-state index in [4.69, 9.17) is 9.47 Å². The van der Waals surface area contributed by atoms with E-state index < -0.39 is 0 Å². The zero-order valence-electron chi connectivity index (χ0n) is 18.8. The molecule has 0 N–H and O–H groups in total. The molecular formula is C23H36FN3O3. The molecule has 3 rings (SSSR count). The van der Waals surface area contributed by atoms with Gasteiger partial charge >= 0.3 is 0 Å². The summed E-state index contributed by atoms with van der Waals surface area (Å²) in [5, 5.41) is 0. The van der Waals surface area contributed by atoms with Gasteiger partial charge in [0.15, 0.2) is 0 Å². The topological polar surface area (TPSA) is 45.2 Å². The summed E-state index contributed by atoms with van der Waals surface area (Å²) in [6, 6.07) is 6.23. The third kappa shape index (κ3) is 6.65. The van der Waals surface area contributed by atoms with E-state index in [1.807, 2.05) is 4.90 Å². The van der Waals surface area contributed by atoms with Crippen molar-refractivity contribution in [3.63, 3.8) is 0 Å². The highest BCUT2D eigenvalue weighted by molar-refractivity contribution is 5.78. The molecule has 0 unspecified atom stereocenters. The van der Waals surface area contributed by atoms with Crippen LogP contribution >= 0.6 is 0 Å². The number of nitrogens with zero attached hydrogens (tertiary/aromatic N) is 3. The first-order chi connectivity index (χ1) is 14.2. The summed E-state index contributed by atoms with van der Waals surface area (Å²) in [6.45, 7) is 9.81. The first-order valence-electron chi connectivity index (χ1n) is 10.9. The van der Waals surface area contributed by atoms with E-state index >= 15 is 0 Å². The molecule has 0 saturated carbocycles. The Labute approximate surface area is 179 Å². The monoisotopic (exact) mass is 421 g/mol. The van der Waals surface area contributed by atoms with Gasteiger partial charge in [-0.1, -0.05) is 13.8 Å². The average molecular weight is 422 g/mol. The first kappa shape index (κ1) is 23.0. The molecule has 1 aromatic carbocycles. The molecule has 168 valence electrons. The number of halogens is 1. The second kappa shape index (κ2) is 10.1. The van der Waals surface area contributed by atoms with Crippen molar-refractivity contribution in [1.29, 1.82) is 0 Å². The second-order valence-electron chi connectivity index (χ2n) is 9.65. The fraction of sp³-hybridized carbons (Fsp3) is 0.696. The van der Waals surface area contributed by atoms with Crippen molar-refractivity contribution in [2.45, 2.75) is 38.8 Å². The van der Waals surface area contributed by atoms with E-state index in [1.165, 1.54) is 12.1 Å². The van der Waals surface area contributed by atoms with Crippen LogP contribution < -0.4 is 4.74 Å². The Hall–Kier alpha value is -1.70. The molecule has 0 spiro atoms. The number of benzene rings is 1. The standard InChI is InChI=1S/C23H36FN3O3/c1-23(2,16-25(3)4)17-26-11-9-19(10-12-26)27-13-21(30-15-22(27)28)14-29-20-7-5-18(24)6-8-20/h5-8,19,21H,9-17H2,1-4H3/t21-/m1/s1. The molecular weight excluding hydrogens is 385 g/mol. The van der Waals surface area contributed by atoms with Gasteiger partial charge in [0.2, 0.25) is 5.91 Å². The van der Waals surface area contributed by atoms with Crippen LogP contribution in [0.4, 0.5) is 4.39 Å². The molecule has 2 fully saturated rings. The van der Waals surface area contributed by atoms with Crippen LogP contribution in [-0.4, -0.2) is 92.8 Å². The molecule has 0 bridgehead atoms. The van der Waals surface area contributed by atoms with E-state index in [1.54, 1.807) is 12.1 Å². The van der Waals surface area contributed by atoms with E-state index in [-0.39, 0.29) is 35.9 Å². The van der Waals surface area contributed by atoms with Crippen molar-refractivity contribution in [1.82, 2.24) is 14.7 Å². The van der Waals surface area contributed by atoms with Crippen molar-refractivity contribution in [3.05, 3.63) is 30.1 Å². The van der Waals surface area contributed by atoms with Crippen LogP contribution in [0.25, 0.3) is 0 Å². The molecule has 0 aliphatic carbocycles. The summed E-state index contributed by atoms with van der Waals surface area (Å²) in [6.07, 6.45) is 1.83. The molecule has 2 saturated heterocycles. The minimum atomic E-state index is -0.288. The van der Waals surface area contributed by atoms with Crippen LogP contribution in [0, 0.1) is 11.2 Å². The van der Waals surface area contributed by atoms with E-state index in [0.29, 0.717) is 18.9 Å². The molecule has 30 heavy (non-hydrogen) atoms. The van der Waals surface area contributed by atoms with E-state index in [9.17, 15) is 9.18 Å². The number of hydrogen-bond acceptors (Lipinski definition) is 5. The Morgan fingerprint density at radius 1 is 1.20 bits per heavy atom. The van der Waals surface area contributed by atoms with Crippen molar-refractivity contribution in [3.8, 4) is 5.75 Å². The quantitative estimate of drug-likeness (QED) is 0.645. The molecule has 2 heterocycles. The Balaban J connectivity index is 1.47. The van der Waals surface area contributed by atoms with E-state index in [2.05, 4.69) is 37.7 Å². The molecule has 6 nitrogen and oxygen atoms in total. The lowest BCUT2D eigenvalue weighted by Gasteiger charge is -2.43. The number of amides is 1. The highest BCUT2D eigenvalue weighted by atomic mass is 19.1. The van der Waals surface area contributed by atoms with Crippen molar-refractivity contribution in [2.24, 2.45) is 5.41 Å². The minimum absolute atomic E-state index is 0.0689. The van der Waals surface area contributed by atoms with Crippen molar-refractivity contribution >= 4 is 5.91 Å². The van der Waals surface area contributed by atoms with Gasteiger partial charge in [-0.15, -0.1) is 0 Å². The predicted molar refractivity (Wildman–Crippen MR) is 115 cm³/mol. The third-order valence-electron chi connectivity index (χ3n) is 5.81. The van der Waals surface area contributed by atoms with Crippen LogP contribution in [0.5, 0.6) is 5.75 Å². The van der Waals surface area contributed by atoms with Crippen molar-refractivity contribution in [2.75, 3.05) is 60.0 Å². The maximum Gasteiger partial charge on any atom is 0.248 e. The van der Waals surface area contributed by atoms with Gasteiger partial charge in [-0.3, -0.25) is 4.79 Å². The normalized spacial score (nSPS) is 22.0. The zero-order valence-corrected chi connectivity index (χ0v) is 18.8. The third-order valence-corrected chi connectivity index (χ3v) is 5.81. The van der Waals surface area contributed by atoms with Gasteiger partial charge in [0.1, 0.15) is 30.9 Å². The Morgan fingerprint density at radius 2 is 1.87 bits per heavy atom. The van der Waals surface area contributed by atoms with Gasteiger partial charge in [-0.2, -0.15) is 0 Å². The summed E-state index contributed by atoms with van der Waals surface area (Å²) < 4.78 is 24.4. The van der Waals surface area contributed by atoms with Gasteiger partial charge in [-0.25, -0.2) is 4.39 Å². The van der Waals surface area contributed by atoms with Gasteiger partial charge in [-0.05, 0) is 56.6 Å². The molecule has 1 atom stereocenters. The van der Waals surface area contributed by atoms with Gasteiger partial charge in [0, 0.05) is 32.2 Å². The van der Waals surface area contributed by atoms with Gasteiger partial charge < -0.3 is 24.2 Å². The maximum absolute atomic E-state index is 13.0. The fourth-order valence-electron chi connectivity index (χ4n) is 4.72. The lowest BCUT2D eigenvalue weighted by Crippen LogP contribution is -2.56. The van der Waals surface area contributed by atoms with Crippen LogP contribution in [0.2, 0.25) is 0 Å². The maximum atomic E-state index is 13.0. The lowest BCUT2D eigenvalue weighted by atomic mass is 9.90. The minimum Gasteiger partial charge on any atom is -0.491 e. The Kier molecular flexibility index (Phi) is 7.71. The van der Waals surface area contributed by atoms with Crippen LogP contribution in [0.3, 0.4) is 0 Å². The van der Waals surface area contributed by atoms with Crippen LogP contribution in [0.1, 0.15) is 26.7 Å². The average Bonchev–Trinajstić information content (AvgIpc) is 2.68. The fourth-order valence-corrected chi connectivity index (χ4v) is 4.72. The number of morpholine rings is 1. The van der Waals surface area contributed by atoms with Crippen LogP contribution in [0.15, 0.2) is 24.3 Å². The smallest absolute Gasteiger partial charge is 0.248 e. The molecule has 2 aliphatic rings. The lowest BCUT2D eigenvalue weighted by molar-refractivity contribution is -0.155. The van der Waals surface area contributed by atoms with Crippen molar-refractivity contribution < 1.29 is 18.7 Å².